The van der Waals surface area contributed by atoms with Crippen molar-refractivity contribution in [3.63, 3.8) is 0 Å². The van der Waals surface area contributed by atoms with E-state index in [0.29, 0.717) is 12.1 Å². The number of nitrogens with one attached hydrogen (secondary N) is 1. The Morgan fingerprint density at radius 2 is 2.09 bits per heavy atom. The van der Waals surface area contributed by atoms with Crippen LogP contribution in [0.3, 0.4) is 0 Å². The van der Waals surface area contributed by atoms with Gasteiger partial charge in [0.25, 0.3) is 0 Å². The molecule has 66 valence electrons. The number of methoxy groups -OCH3 is 1. The van der Waals surface area contributed by atoms with Crippen LogP contribution >= 0.6 is 0 Å². The smallest absolute Gasteiger partial charge is 0.0724 e. The SMILES string of the molecule is CCNC1CCCCC1OC. The summed E-state index contributed by atoms with van der Waals surface area (Å²) in [6.45, 7) is 3.21. The minimum absolute atomic E-state index is 0.462. The summed E-state index contributed by atoms with van der Waals surface area (Å²) in [5, 5.41) is 3.46. The highest BCUT2D eigenvalue weighted by molar-refractivity contribution is 4.80. The second-order valence-corrected chi connectivity index (χ2v) is 3.22. The highest BCUT2D eigenvalue weighted by Crippen LogP contribution is 2.20. The predicted molar refractivity (Wildman–Crippen MR) is 46.7 cm³/mol. The van der Waals surface area contributed by atoms with Crippen LogP contribution in [-0.2, 0) is 4.74 Å². The fourth-order valence-corrected chi connectivity index (χ4v) is 1.87. The van der Waals surface area contributed by atoms with E-state index < -0.39 is 0 Å². The van der Waals surface area contributed by atoms with Gasteiger partial charge in [-0.3, -0.25) is 0 Å². The topological polar surface area (TPSA) is 21.3 Å². The maximum Gasteiger partial charge on any atom is 0.0724 e. The molecule has 0 aromatic rings. The zero-order chi connectivity index (χ0) is 8.10. The Morgan fingerprint density at radius 1 is 1.36 bits per heavy atom. The molecule has 2 atom stereocenters. The molecule has 0 aromatic carbocycles. The Balaban J connectivity index is 2.31. The molecular formula is C9H19NO. The fraction of sp³-hybridized carbons (Fsp3) is 1.00. The normalized spacial score (nSPS) is 32.2. The summed E-state index contributed by atoms with van der Waals surface area (Å²) in [5.74, 6) is 0. The quantitative estimate of drug-likeness (QED) is 0.671. The first-order valence-electron chi connectivity index (χ1n) is 4.64. The number of rotatable bonds is 3. The van der Waals surface area contributed by atoms with Crippen molar-refractivity contribution in [3.8, 4) is 0 Å². The van der Waals surface area contributed by atoms with E-state index in [9.17, 15) is 0 Å². The van der Waals surface area contributed by atoms with Crippen LogP contribution in [0.25, 0.3) is 0 Å². The van der Waals surface area contributed by atoms with E-state index in [4.69, 9.17) is 4.74 Å². The van der Waals surface area contributed by atoms with Crippen molar-refractivity contribution in [2.24, 2.45) is 0 Å². The monoisotopic (exact) mass is 157 g/mol. The van der Waals surface area contributed by atoms with Gasteiger partial charge in [-0.15, -0.1) is 0 Å². The van der Waals surface area contributed by atoms with Crippen molar-refractivity contribution < 1.29 is 4.74 Å². The van der Waals surface area contributed by atoms with Crippen LogP contribution in [0.5, 0.6) is 0 Å². The average Bonchev–Trinajstić information content (AvgIpc) is 2.06. The zero-order valence-corrected chi connectivity index (χ0v) is 7.60. The first-order chi connectivity index (χ1) is 5.38. The first-order valence-corrected chi connectivity index (χ1v) is 4.64. The van der Waals surface area contributed by atoms with E-state index in [1.54, 1.807) is 0 Å². The van der Waals surface area contributed by atoms with Gasteiger partial charge in [0.1, 0.15) is 0 Å². The van der Waals surface area contributed by atoms with E-state index >= 15 is 0 Å². The van der Waals surface area contributed by atoms with Crippen molar-refractivity contribution in [1.82, 2.24) is 5.32 Å². The number of ether oxygens (including phenoxy) is 1. The molecule has 2 unspecified atom stereocenters. The molecule has 0 bridgehead atoms. The molecule has 0 heterocycles. The molecule has 1 aliphatic carbocycles. The molecule has 1 N–H and O–H groups in total. The lowest BCUT2D eigenvalue weighted by molar-refractivity contribution is 0.0425. The lowest BCUT2D eigenvalue weighted by atomic mass is 9.92. The minimum atomic E-state index is 0.462. The maximum absolute atomic E-state index is 5.39. The van der Waals surface area contributed by atoms with E-state index in [-0.39, 0.29) is 0 Å². The van der Waals surface area contributed by atoms with Crippen molar-refractivity contribution in [2.45, 2.75) is 44.8 Å². The number of hydrogen-bond acceptors (Lipinski definition) is 2. The van der Waals surface area contributed by atoms with Crippen molar-refractivity contribution in [1.29, 1.82) is 0 Å². The van der Waals surface area contributed by atoms with E-state index in [1.165, 1.54) is 25.7 Å². The second kappa shape index (κ2) is 4.73. The van der Waals surface area contributed by atoms with Crippen molar-refractivity contribution in [3.05, 3.63) is 0 Å². The lowest BCUT2D eigenvalue weighted by Crippen LogP contribution is -2.42. The molecule has 0 radical (unpaired) electrons. The Morgan fingerprint density at radius 3 is 2.73 bits per heavy atom. The minimum Gasteiger partial charge on any atom is -0.380 e. The molecule has 0 aromatic heterocycles. The molecular weight excluding hydrogens is 138 g/mol. The maximum atomic E-state index is 5.39. The summed E-state index contributed by atoms with van der Waals surface area (Å²) in [6, 6.07) is 0.610. The van der Waals surface area contributed by atoms with E-state index in [1.807, 2.05) is 7.11 Å². The zero-order valence-electron chi connectivity index (χ0n) is 7.60. The van der Waals surface area contributed by atoms with E-state index in [0.717, 1.165) is 6.54 Å². The van der Waals surface area contributed by atoms with Gasteiger partial charge in [0.05, 0.1) is 6.10 Å². The highest BCUT2D eigenvalue weighted by Gasteiger charge is 2.23. The number of likely N-dealkylation sites (N-methyl/N-ethyl adjacent to an activating group) is 1. The Kier molecular flexibility index (Phi) is 3.87. The van der Waals surface area contributed by atoms with Gasteiger partial charge in [0.2, 0.25) is 0 Å². The lowest BCUT2D eigenvalue weighted by Gasteiger charge is -2.30. The van der Waals surface area contributed by atoms with Gasteiger partial charge in [-0.05, 0) is 19.4 Å². The Hall–Kier alpha value is -0.0800. The van der Waals surface area contributed by atoms with Gasteiger partial charge in [0.15, 0.2) is 0 Å². The van der Waals surface area contributed by atoms with Crippen molar-refractivity contribution in [2.75, 3.05) is 13.7 Å². The molecule has 0 spiro atoms. The first kappa shape index (κ1) is 9.01. The fourth-order valence-electron chi connectivity index (χ4n) is 1.87. The van der Waals surface area contributed by atoms with Crippen LogP contribution in [0.4, 0.5) is 0 Å². The number of hydrogen-bond donors (Lipinski definition) is 1. The molecule has 1 rings (SSSR count). The molecule has 1 saturated carbocycles. The van der Waals surface area contributed by atoms with Crippen molar-refractivity contribution >= 4 is 0 Å². The summed E-state index contributed by atoms with van der Waals surface area (Å²) in [4.78, 5) is 0. The summed E-state index contributed by atoms with van der Waals surface area (Å²) in [5.41, 5.74) is 0. The molecule has 0 aliphatic heterocycles. The van der Waals surface area contributed by atoms with Gasteiger partial charge in [-0.2, -0.15) is 0 Å². The van der Waals surface area contributed by atoms with Gasteiger partial charge < -0.3 is 10.1 Å². The molecule has 2 nitrogen and oxygen atoms in total. The van der Waals surface area contributed by atoms with E-state index in [2.05, 4.69) is 12.2 Å². The van der Waals surface area contributed by atoms with Crippen LogP contribution in [0.2, 0.25) is 0 Å². The summed E-state index contributed by atoms with van der Waals surface area (Å²) >= 11 is 0. The van der Waals surface area contributed by atoms with Crippen LogP contribution in [0.1, 0.15) is 32.6 Å². The Labute approximate surface area is 69.3 Å². The summed E-state index contributed by atoms with van der Waals surface area (Å²) in [7, 11) is 1.82. The third kappa shape index (κ3) is 2.46. The van der Waals surface area contributed by atoms with Crippen LogP contribution < -0.4 is 5.32 Å². The molecule has 0 saturated heterocycles. The second-order valence-electron chi connectivity index (χ2n) is 3.22. The molecule has 0 amide bonds. The van der Waals surface area contributed by atoms with Crippen LogP contribution in [-0.4, -0.2) is 25.8 Å². The van der Waals surface area contributed by atoms with Gasteiger partial charge in [-0.1, -0.05) is 19.8 Å². The largest absolute Gasteiger partial charge is 0.380 e. The standard InChI is InChI=1S/C9H19NO/c1-3-10-8-6-4-5-7-9(8)11-2/h8-10H,3-7H2,1-2H3. The Bertz CT molecular complexity index is 104. The van der Waals surface area contributed by atoms with Gasteiger partial charge in [0, 0.05) is 13.2 Å². The highest BCUT2D eigenvalue weighted by atomic mass is 16.5. The molecule has 11 heavy (non-hydrogen) atoms. The summed E-state index contributed by atoms with van der Waals surface area (Å²) < 4.78 is 5.39. The molecule has 1 aliphatic rings. The van der Waals surface area contributed by atoms with Gasteiger partial charge >= 0.3 is 0 Å². The third-order valence-corrected chi connectivity index (χ3v) is 2.47. The third-order valence-electron chi connectivity index (χ3n) is 2.47. The summed E-state index contributed by atoms with van der Waals surface area (Å²) in [6.07, 6.45) is 5.67. The van der Waals surface area contributed by atoms with Crippen LogP contribution in [0, 0.1) is 0 Å². The molecule has 1 fully saturated rings. The predicted octanol–water partition coefficient (Wildman–Crippen LogP) is 1.55. The average molecular weight is 157 g/mol. The van der Waals surface area contributed by atoms with Crippen LogP contribution in [0.15, 0.2) is 0 Å². The van der Waals surface area contributed by atoms with Gasteiger partial charge in [-0.25, -0.2) is 0 Å². The molecule has 2 heteroatoms.